The Morgan fingerprint density at radius 1 is 1.00 bits per heavy atom. The van der Waals surface area contributed by atoms with Crippen molar-refractivity contribution in [2.24, 2.45) is 0 Å². The van der Waals surface area contributed by atoms with Gasteiger partial charge >= 0.3 is 0 Å². The third-order valence-electron chi connectivity index (χ3n) is 3.82. The van der Waals surface area contributed by atoms with Gasteiger partial charge in [0.15, 0.2) is 6.61 Å². The highest BCUT2D eigenvalue weighted by Crippen LogP contribution is 2.20. The van der Waals surface area contributed by atoms with Crippen LogP contribution in [0.5, 0.6) is 5.75 Å². The van der Waals surface area contributed by atoms with Crippen LogP contribution in [0, 0.1) is 0 Å². The minimum Gasteiger partial charge on any atom is -0.484 e. The maximum absolute atomic E-state index is 12.0. The Hall–Kier alpha value is -3.34. The third-order valence-corrected chi connectivity index (χ3v) is 3.82. The lowest BCUT2D eigenvalue weighted by Crippen LogP contribution is -2.20. The molecule has 5 nitrogen and oxygen atoms in total. The van der Waals surface area contributed by atoms with E-state index in [-0.39, 0.29) is 12.5 Å². The fraction of sp³-hybridized carbons (Fsp3) is 0.143. The van der Waals surface area contributed by atoms with Gasteiger partial charge in [-0.25, -0.2) is 4.98 Å². The summed E-state index contributed by atoms with van der Waals surface area (Å²) < 4.78 is 5.42. The van der Waals surface area contributed by atoms with Crippen molar-refractivity contribution in [1.29, 1.82) is 0 Å². The van der Waals surface area contributed by atoms with Gasteiger partial charge in [-0.15, -0.1) is 0 Å². The van der Waals surface area contributed by atoms with Crippen LogP contribution < -0.4 is 15.4 Å². The van der Waals surface area contributed by atoms with Crippen molar-refractivity contribution >= 4 is 23.1 Å². The van der Waals surface area contributed by atoms with Crippen molar-refractivity contribution in [3.05, 3.63) is 78.5 Å². The molecule has 0 saturated carbocycles. The van der Waals surface area contributed by atoms with E-state index in [0.717, 1.165) is 17.9 Å². The molecule has 26 heavy (non-hydrogen) atoms. The lowest BCUT2D eigenvalue weighted by Gasteiger charge is -2.11. The largest absolute Gasteiger partial charge is 0.484 e. The molecule has 2 aromatic carbocycles. The SMILES string of the molecule is CCc1ccccc1Nc1ccc(NC(=O)COc2ccccc2)cn1. The number of hydrogen-bond acceptors (Lipinski definition) is 4. The average molecular weight is 347 g/mol. The smallest absolute Gasteiger partial charge is 0.262 e. The first-order valence-electron chi connectivity index (χ1n) is 8.53. The first kappa shape index (κ1) is 17.5. The highest BCUT2D eigenvalue weighted by Gasteiger charge is 2.05. The van der Waals surface area contributed by atoms with Gasteiger partial charge in [0.2, 0.25) is 0 Å². The van der Waals surface area contributed by atoms with Gasteiger partial charge in [-0.1, -0.05) is 43.3 Å². The van der Waals surface area contributed by atoms with E-state index in [9.17, 15) is 4.79 Å². The number of benzene rings is 2. The number of anilines is 3. The summed E-state index contributed by atoms with van der Waals surface area (Å²) in [5.74, 6) is 1.16. The molecule has 0 spiro atoms. The zero-order chi connectivity index (χ0) is 18.2. The van der Waals surface area contributed by atoms with Crippen LogP contribution >= 0.6 is 0 Å². The number of rotatable bonds is 7. The molecular formula is C21H21N3O2. The molecule has 0 aliphatic heterocycles. The minimum atomic E-state index is -0.229. The van der Waals surface area contributed by atoms with Gasteiger partial charge in [-0.05, 0) is 42.3 Å². The van der Waals surface area contributed by atoms with Gasteiger partial charge in [-0.3, -0.25) is 4.79 Å². The number of amides is 1. The lowest BCUT2D eigenvalue weighted by atomic mass is 10.1. The molecular weight excluding hydrogens is 326 g/mol. The Morgan fingerprint density at radius 3 is 2.50 bits per heavy atom. The van der Waals surface area contributed by atoms with Crippen molar-refractivity contribution in [2.75, 3.05) is 17.2 Å². The Morgan fingerprint density at radius 2 is 1.77 bits per heavy atom. The van der Waals surface area contributed by atoms with E-state index in [4.69, 9.17) is 4.74 Å². The van der Waals surface area contributed by atoms with E-state index >= 15 is 0 Å². The van der Waals surface area contributed by atoms with E-state index in [1.54, 1.807) is 6.20 Å². The molecule has 0 radical (unpaired) electrons. The van der Waals surface area contributed by atoms with Crippen LogP contribution in [0.25, 0.3) is 0 Å². The topological polar surface area (TPSA) is 63.2 Å². The molecule has 0 aliphatic carbocycles. The van der Waals surface area contributed by atoms with E-state index in [1.807, 2.05) is 60.7 Å². The molecule has 0 aliphatic rings. The van der Waals surface area contributed by atoms with Gasteiger partial charge in [-0.2, -0.15) is 0 Å². The lowest BCUT2D eigenvalue weighted by molar-refractivity contribution is -0.118. The van der Waals surface area contributed by atoms with Crippen LogP contribution in [0.15, 0.2) is 72.9 Å². The van der Waals surface area contributed by atoms with Crippen molar-refractivity contribution in [2.45, 2.75) is 13.3 Å². The Balaban J connectivity index is 1.55. The molecule has 132 valence electrons. The summed E-state index contributed by atoms with van der Waals surface area (Å²) >= 11 is 0. The quantitative estimate of drug-likeness (QED) is 0.665. The summed E-state index contributed by atoms with van der Waals surface area (Å²) in [4.78, 5) is 16.3. The highest BCUT2D eigenvalue weighted by atomic mass is 16.5. The second-order valence-electron chi connectivity index (χ2n) is 5.72. The zero-order valence-electron chi connectivity index (χ0n) is 14.6. The zero-order valence-corrected chi connectivity index (χ0v) is 14.6. The second kappa shape index (κ2) is 8.67. The number of aryl methyl sites for hydroxylation is 1. The number of carbonyl (C=O) groups excluding carboxylic acids is 1. The normalized spacial score (nSPS) is 10.2. The Kier molecular flexibility index (Phi) is 5.83. The number of ether oxygens (including phenoxy) is 1. The maximum atomic E-state index is 12.0. The van der Waals surface area contributed by atoms with Crippen molar-refractivity contribution in [3.63, 3.8) is 0 Å². The van der Waals surface area contributed by atoms with Crippen LogP contribution in [0.4, 0.5) is 17.2 Å². The number of aromatic nitrogens is 1. The summed E-state index contributed by atoms with van der Waals surface area (Å²) in [6, 6.07) is 21.0. The standard InChI is InChI=1S/C21H21N3O2/c1-2-16-8-6-7-11-19(16)24-20-13-12-17(14-22-20)23-21(25)15-26-18-9-4-3-5-10-18/h3-14H,2,15H2,1H3,(H,22,24)(H,23,25). The van der Waals surface area contributed by atoms with E-state index in [1.165, 1.54) is 5.56 Å². The number of pyridine rings is 1. The predicted molar refractivity (Wildman–Crippen MR) is 104 cm³/mol. The van der Waals surface area contributed by atoms with Crippen molar-refractivity contribution in [1.82, 2.24) is 4.98 Å². The van der Waals surface area contributed by atoms with Crippen LogP contribution in [-0.2, 0) is 11.2 Å². The van der Waals surface area contributed by atoms with Crippen molar-refractivity contribution in [3.8, 4) is 5.75 Å². The minimum absolute atomic E-state index is 0.0477. The summed E-state index contributed by atoms with van der Waals surface area (Å²) in [6.45, 7) is 2.07. The summed E-state index contributed by atoms with van der Waals surface area (Å²) in [7, 11) is 0. The molecule has 0 fully saturated rings. The van der Waals surface area contributed by atoms with Gasteiger partial charge in [0.25, 0.3) is 5.91 Å². The first-order chi connectivity index (χ1) is 12.7. The first-order valence-corrected chi connectivity index (χ1v) is 8.53. The molecule has 1 amide bonds. The van der Waals surface area contributed by atoms with E-state index in [0.29, 0.717) is 11.4 Å². The van der Waals surface area contributed by atoms with E-state index in [2.05, 4.69) is 28.6 Å². The number of nitrogens with zero attached hydrogens (tertiary/aromatic N) is 1. The molecule has 1 aromatic heterocycles. The number of para-hydroxylation sites is 2. The molecule has 3 rings (SSSR count). The molecule has 3 aromatic rings. The van der Waals surface area contributed by atoms with Gasteiger partial charge in [0.1, 0.15) is 11.6 Å². The second-order valence-corrected chi connectivity index (χ2v) is 5.72. The average Bonchev–Trinajstić information content (AvgIpc) is 2.69. The number of hydrogen-bond donors (Lipinski definition) is 2. The Bertz CT molecular complexity index is 849. The molecule has 5 heteroatoms. The molecule has 2 N–H and O–H groups in total. The molecule has 0 unspecified atom stereocenters. The summed E-state index contributed by atoms with van der Waals surface area (Å²) in [6.07, 6.45) is 2.57. The van der Waals surface area contributed by atoms with Gasteiger partial charge in [0.05, 0.1) is 11.9 Å². The predicted octanol–water partition coefficient (Wildman–Crippen LogP) is 4.41. The molecule has 0 saturated heterocycles. The van der Waals surface area contributed by atoms with Crippen LogP contribution in [-0.4, -0.2) is 17.5 Å². The van der Waals surface area contributed by atoms with Crippen LogP contribution in [0.3, 0.4) is 0 Å². The molecule has 0 bridgehead atoms. The highest BCUT2D eigenvalue weighted by molar-refractivity contribution is 5.91. The Labute approximate surface area is 153 Å². The third kappa shape index (κ3) is 4.83. The number of carbonyl (C=O) groups is 1. The fourth-order valence-electron chi connectivity index (χ4n) is 2.49. The number of nitrogens with one attached hydrogen (secondary N) is 2. The van der Waals surface area contributed by atoms with Crippen molar-refractivity contribution < 1.29 is 9.53 Å². The fourth-order valence-corrected chi connectivity index (χ4v) is 2.49. The van der Waals surface area contributed by atoms with Gasteiger partial charge in [0, 0.05) is 5.69 Å². The van der Waals surface area contributed by atoms with Gasteiger partial charge < -0.3 is 15.4 Å². The van der Waals surface area contributed by atoms with E-state index < -0.39 is 0 Å². The van der Waals surface area contributed by atoms with Crippen LogP contribution in [0.1, 0.15) is 12.5 Å². The summed E-state index contributed by atoms with van der Waals surface area (Å²) in [5.41, 5.74) is 2.89. The van der Waals surface area contributed by atoms with Crippen LogP contribution in [0.2, 0.25) is 0 Å². The molecule has 0 atom stereocenters. The monoisotopic (exact) mass is 347 g/mol. The summed E-state index contributed by atoms with van der Waals surface area (Å²) in [5, 5.41) is 6.07. The maximum Gasteiger partial charge on any atom is 0.262 e. The molecule has 1 heterocycles.